The quantitative estimate of drug-likeness (QED) is 0.741. The standard InChI is InChI=1S/C20H29N3O4/c1-26-14-13-21-8-7-16(15-21)19(24)22-9-11-23(12-10-22)20(25)17-5-3-4-6-18(17)27-2/h3-6,16H,7-15H2,1-2H3. The van der Waals surface area contributed by atoms with Crippen molar-refractivity contribution in [3.8, 4) is 5.75 Å². The third kappa shape index (κ3) is 4.59. The van der Waals surface area contributed by atoms with E-state index in [1.165, 1.54) is 0 Å². The maximum Gasteiger partial charge on any atom is 0.257 e. The van der Waals surface area contributed by atoms with E-state index in [9.17, 15) is 9.59 Å². The van der Waals surface area contributed by atoms with Crippen molar-refractivity contribution in [2.75, 3.05) is 66.6 Å². The molecule has 1 atom stereocenters. The van der Waals surface area contributed by atoms with Crippen LogP contribution in [0, 0.1) is 5.92 Å². The number of piperazine rings is 1. The number of hydrogen-bond acceptors (Lipinski definition) is 5. The van der Waals surface area contributed by atoms with Gasteiger partial charge in [0.25, 0.3) is 5.91 Å². The van der Waals surface area contributed by atoms with Crippen molar-refractivity contribution in [3.05, 3.63) is 29.8 Å². The van der Waals surface area contributed by atoms with E-state index in [-0.39, 0.29) is 17.7 Å². The van der Waals surface area contributed by atoms with Crippen molar-refractivity contribution >= 4 is 11.8 Å². The first-order valence-electron chi connectivity index (χ1n) is 9.56. The number of ether oxygens (including phenoxy) is 2. The summed E-state index contributed by atoms with van der Waals surface area (Å²) >= 11 is 0. The van der Waals surface area contributed by atoms with Gasteiger partial charge in [-0.25, -0.2) is 0 Å². The molecule has 2 amide bonds. The maximum atomic E-state index is 12.8. The number of methoxy groups -OCH3 is 2. The zero-order valence-corrected chi connectivity index (χ0v) is 16.2. The molecule has 0 radical (unpaired) electrons. The Labute approximate surface area is 160 Å². The Hall–Kier alpha value is -2.12. The second-order valence-corrected chi connectivity index (χ2v) is 7.10. The number of hydrogen-bond donors (Lipinski definition) is 0. The van der Waals surface area contributed by atoms with Crippen LogP contribution in [0.1, 0.15) is 16.8 Å². The Morgan fingerprint density at radius 3 is 2.44 bits per heavy atom. The van der Waals surface area contributed by atoms with Crippen LogP contribution in [0.25, 0.3) is 0 Å². The highest BCUT2D eigenvalue weighted by Gasteiger charge is 2.33. The number of carbonyl (C=O) groups excluding carboxylic acids is 2. The summed E-state index contributed by atoms with van der Waals surface area (Å²) in [5.41, 5.74) is 0.573. The lowest BCUT2D eigenvalue weighted by Crippen LogP contribution is -2.52. The van der Waals surface area contributed by atoms with Crippen LogP contribution in [0.2, 0.25) is 0 Å². The molecule has 1 unspecified atom stereocenters. The van der Waals surface area contributed by atoms with Gasteiger partial charge >= 0.3 is 0 Å². The van der Waals surface area contributed by atoms with E-state index in [1.807, 2.05) is 17.0 Å². The summed E-state index contributed by atoms with van der Waals surface area (Å²) < 4.78 is 10.4. The van der Waals surface area contributed by atoms with Crippen molar-refractivity contribution in [1.82, 2.24) is 14.7 Å². The molecule has 0 bridgehead atoms. The number of nitrogens with zero attached hydrogens (tertiary/aromatic N) is 3. The Balaban J connectivity index is 1.51. The van der Waals surface area contributed by atoms with Crippen LogP contribution in [0.3, 0.4) is 0 Å². The fourth-order valence-electron chi connectivity index (χ4n) is 3.84. The van der Waals surface area contributed by atoms with Crippen LogP contribution in [0.5, 0.6) is 5.75 Å². The topological polar surface area (TPSA) is 62.3 Å². The Bertz CT molecular complexity index is 658. The van der Waals surface area contributed by atoms with Gasteiger partial charge in [0, 0.05) is 46.4 Å². The van der Waals surface area contributed by atoms with Crippen LogP contribution in [-0.4, -0.2) is 93.2 Å². The fraction of sp³-hybridized carbons (Fsp3) is 0.600. The molecule has 7 nitrogen and oxygen atoms in total. The molecule has 2 fully saturated rings. The van der Waals surface area contributed by atoms with Gasteiger partial charge in [-0.2, -0.15) is 0 Å². The van der Waals surface area contributed by atoms with Crippen LogP contribution in [0.15, 0.2) is 24.3 Å². The second kappa shape index (κ2) is 9.19. The highest BCUT2D eigenvalue weighted by molar-refractivity contribution is 5.97. The molecule has 148 valence electrons. The second-order valence-electron chi connectivity index (χ2n) is 7.10. The molecule has 0 aliphatic carbocycles. The molecule has 27 heavy (non-hydrogen) atoms. The smallest absolute Gasteiger partial charge is 0.257 e. The van der Waals surface area contributed by atoms with Crippen molar-refractivity contribution in [1.29, 1.82) is 0 Å². The molecule has 0 aromatic heterocycles. The molecule has 1 aromatic rings. The molecular weight excluding hydrogens is 346 g/mol. The molecular formula is C20H29N3O4. The highest BCUT2D eigenvalue weighted by atomic mass is 16.5. The summed E-state index contributed by atoms with van der Waals surface area (Å²) in [6.45, 7) is 5.63. The van der Waals surface area contributed by atoms with E-state index in [4.69, 9.17) is 9.47 Å². The zero-order valence-electron chi connectivity index (χ0n) is 16.2. The van der Waals surface area contributed by atoms with Gasteiger partial charge in [0.1, 0.15) is 5.75 Å². The molecule has 3 rings (SSSR count). The Morgan fingerprint density at radius 2 is 1.74 bits per heavy atom. The molecule has 0 N–H and O–H groups in total. The summed E-state index contributed by atoms with van der Waals surface area (Å²) in [6, 6.07) is 7.27. The van der Waals surface area contributed by atoms with E-state index in [0.717, 1.165) is 26.1 Å². The molecule has 2 aliphatic heterocycles. The van der Waals surface area contributed by atoms with E-state index >= 15 is 0 Å². The number of para-hydroxylation sites is 1. The van der Waals surface area contributed by atoms with Crippen LogP contribution in [-0.2, 0) is 9.53 Å². The van der Waals surface area contributed by atoms with Crippen molar-refractivity contribution in [2.45, 2.75) is 6.42 Å². The summed E-state index contributed by atoms with van der Waals surface area (Å²) in [7, 11) is 3.27. The number of likely N-dealkylation sites (tertiary alicyclic amines) is 1. The zero-order chi connectivity index (χ0) is 19.2. The predicted molar refractivity (Wildman–Crippen MR) is 102 cm³/mol. The molecule has 7 heteroatoms. The highest BCUT2D eigenvalue weighted by Crippen LogP contribution is 2.22. The van der Waals surface area contributed by atoms with Crippen LogP contribution >= 0.6 is 0 Å². The lowest BCUT2D eigenvalue weighted by molar-refractivity contribution is -0.136. The first-order valence-corrected chi connectivity index (χ1v) is 9.56. The van der Waals surface area contributed by atoms with Crippen molar-refractivity contribution in [3.63, 3.8) is 0 Å². The Kier molecular flexibility index (Phi) is 6.68. The minimum absolute atomic E-state index is 0.0360. The lowest BCUT2D eigenvalue weighted by Gasteiger charge is -2.36. The number of benzene rings is 1. The summed E-state index contributed by atoms with van der Waals surface area (Å²) in [6.07, 6.45) is 0.906. The summed E-state index contributed by atoms with van der Waals surface area (Å²) in [5, 5.41) is 0. The monoisotopic (exact) mass is 375 g/mol. The van der Waals surface area contributed by atoms with Gasteiger partial charge in [0.2, 0.25) is 5.91 Å². The molecule has 2 heterocycles. The third-order valence-corrected chi connectivity index (χ3v) is 5.45. The molecule has 1 aromatic carbocycles. The first-order chi connectivity index (χ1) is 13.1. The number of rotatable bonds is 6. The molecule has 2 saturated heterocycles. The van der Waals surface area contributed by atoms with E-state index < -0.39 is 0 Å². The van der Waals surface area contributed by atoms with E-state index in [2.05, 4.69) is 4.90 Å². The minimum Gasteiger partial charge on any atom is -0.496 e. The van der Waals surface area contributed by atoms with Gasteiger partial charge in [-0.1, -0.05) is 12.1 Å². The van der Waals surface area contributed by atoms with Crippen molar-refractivity contribution < 1.29 is 19.1 Å². The number of amides is 2. The van der Waals surface area contributed by atoms with Crippen LogP contribution < -0.4 is 4.74 Å². The van der Waals surface area contributed by atoms with Crippen molar-refractivity contribution in [2.24, 2.45) is 5.92 Å². The summed E-state index contributed by atoms with van der Waals surface area (Å²) in [4.78, 5) is 31.6. The van der Waals surface area contributed by atoms with E-state index in [1.54, 1.807) is 31.3 Å². The van der Waals surface area contributed by atoms with Gasteiger partial charge < -0.3 is 24.2 Å². The average molecular weight is 375 g/mol. The molecule has 0 spiro atoms. The van der Waals surface area contributed by atoms with Gasteiger partial charge in [-0.05, 0) is 25.1 Å². The third-order valence-electron chi connectivity index (χ3n) is 5.45. The largest absolute Gasteiger partial charge is 0.496 e. The first kappa shape index (κ1) is 19.6. The van der Waals surface area contributed by atoms with Crippen LogP contribution in [0.4, 0.5) is 0 Å². The van der Waals surface area contributed by atoms with Gasteiger partial charge in [-0.3, -0.25) is 9.59 Å². The molecule has 0 saturated carbocycles. The normalized spacial score (nSPS) is 20.7. The molecule has 2 aliphatic rings. The SMILES string of the molecule is COCCN1CCC(C(=O)N2CCN(C(=O)c3ccccc3OC)CC2)C1. The lowest BCUT2D eigenvalue weighted by atomic mass is 10.1. The average Bonchev–Trinajstić information content (AvgIpc) is 3.20. The number of carbonyl (C=O) groups is 2. The van der Waals surface area contributed by atoms with Gasteiger partial charge in [0.15, 0.2) is 0 Å². The van der Waals surface area contributed by atoms with E-state index in [0.29, 0.717) is 44.1 Å². The fourth-order valence-corrected chi connectivity index (χ4v) is 3.84. The van der Waals surface area contributed by atoms with Gasteiger partial charge in [0.05, 0.1) is 25.2 Å². The minimum atomic E-state index is -0.0360. The maximum absolute atomic E-state index is 12.8. The predicted octanol–water partition coefficient (Wildman–Crippen LogP) is 0.948. The van der Waals surface area contributed by atoms with Gasteiger partial charge in [-0.15, -0.1) is 0 Å². The summed E-state index contributed by atoms with van der Waals surface area (Å²) in [5.74, 6) is 0.840. The Morgan fingerprint density at radius 1 is 1.04 bits per heavy atom.